The van der Waals surface area contributed by atoms with E-state index in [-0.39, 0.29) is 11.9 Å². The van der Waals surface area contributed by atoms with Gasteiger partial charge in [0, 0.05) is 32.1 Å². The Hall–Kier alpha value is -1.82. The molecular weight excluding hydrogens is 232 g/mol. The Kier molecular flexibility index (Phi) is 3.99. The van der Waals surface area contributed by atoms with Crippen LogP contribution in [0.3, 0.4) is 0 Å². The van der Waals surface area contributed by atoms with E-state index in [1.165, 1.54) is 0 Å². The summed E-state index contributed by atoms with van der Waals surface area (Å²) in [5.41, 5.74) is 7.04. The molecule has 0 aromatic carbocycles. The molecule has 0 spiro atoms. The van der Waals surface area contributed by atoms with Crippen LogP contribution in [0.5, 0.6) is 0 Å². The summed E-state index contributed by atoms with van der Waals surface area (Å²) in [6, 6.07) is 3.75. The first-order chi connectivity index (χ1) is 8.74. The molecule has 1 fully saturated rings. The van der Waals surface area contributed by atoms with Gasteiger partial charge in [0.05, 0.1) is 6.10 Å². The molecule has 1 atom stereocenters. The summed E-state index contributed by atoms with van der Waals surface area (Å²) >= 11 is 0. The van der Waals surface area contributed by atoms with Crippen LogP contribution < -0.4 is 10.6 Å². The first-order valence-electron chi connectivity index (χ1n) is 5.96. The smallest absolute Gasteiger partial charge is 0.188 e. The molecule has 98 valence electrons. The molecule has 2 heterocycles. The number of aromatic nitrogens is 1. The molecule has 1 aromatic heterocycles. The minimum absolute atomic E-state index is 0.0251. The zero-order valence-corrected chi connectivity index (χ0v) is 10.4. The number of rotatable bonds is 3. The largest absolute Gasteiger partial charge is 0.409 e. The van der Waals surface area contributed by atoms with Crippen LogP contribution >= 0.6 is 0 Å². The molecule has 1 aliphatic heterocycles. The summed E-state index contributed by atoms with van der Waals surface area (Å²) in [7, 11) is 1.74. The predicted molar refractivity (Wildman–Crippen MR) is 69.0 cm³/mol. The van der Waals surface area contributed by atoms with Gasteiger partial charge in [-0.1, -0.05) is 5.16 Å². The Bertz CT molecular complexity index is 436. The number of pyridine rings is 1. The molecule has 6 heteroatoms. The van der Waals surface area contributed by atoms with Gasteiger partial charge in [-0.05, 0) is 25.0 Å². The minimum atomic E-state index is 0.0251. The number of nitrogens with two attached hydrogens (primary N) is 1. The summed E-state index contributed by atoms with van der Waals surface area (Å²) < 4.78 is 5.40. The van der Waals surface area contributed by atoms with Gasteiger partial charge in [0.15, 0.2) is 5.84 Å². The number of piperidine rings is 1. The zero-order chi connectivity index (χ0) is 13.0. The lowest BCUT2D eigenvalue weighted by Crippen LogP contribution is -2.39. The van der Waals surface area contributed by atoms with Gasteiger partial charge in [0.25, 0.3) is 0 Å². The van der Waals surface area contributed by atoms with E-state index in [2.05, 4.69) is 15.0 Å². The van der Waals surface area contributed by atoms with E-state index in [9.17, 15) is 0 Å². The van der Waals surface area contributed by atoms with E-state index < -0.39 is 0 Å². The molecule has 1 saturated heterocycles. The number of oxime groups is 1. The second-order valence-corrected chi connectivity index (χ2v) is 4.33. The maximum Gasteiger partial charge on any atom is 0.188 e. The molecule has 0 amide bonds. The normalized spacial score (nSPS) is 21.1. The quantitative estimate of drug-likeness (QED) is 0.358. The van der Waals surface area contributed by atoms with Crippen molar-refractivity contribution < 1.29 is 9.94 Å². The third-order valence-electron chi connectivity index (χ3n) is 3.19. The molecule has 0 bridgehead atoms. The summed E-state index contributed by atoms with van der Waals surface area (Å²) in [6.07, 6.45) is 4.11. The van der Waals surface area contributed by atoms with Crippen molar-refractivity contribution >= 4 is 11.5 Å². The van der Waals surface area contributed by atoms with Gasteiger partial charge in [-0.25, -0.2) is 0 Å². The summed E-state index contributed by atoms with van der Waals surface area (Å²) in [4.78, 5) is 6.30. The lowest BCUT2D eigenvalue weighted by molar-refractivity contribution is 0.0893. The first-order valence-corrected chi connectivity index (χ1v) is 5.96. The molecule has 1 aliphatic rings. The SMILES string of the molecule is COC1CCCN(c2ccnc(/C(N)=N/O)c2)C1. The van der Waals surface area contributed by atoms with E-state index >= 15 is 0 Å². The van der Waals surface area contributed by atoms with Crippen molar-refractivity contribution in [1.29, 1.82) is 0 Å². The van der Waals surface area contributed by atoms with Crippen molar-refractivity contribution in [2.45, 2.75) is 18.9 Å². The average Bonchev–Trinajstić information content (AvgIpc) is 2.46. The third-order valence-corrected chi connectivity index (χ3v) is 3.19. The molecule has 18 heavy (non-hydrogen) atoms. The van der Waals surface area contributed by atoms with Crippen LogP contribution in [0, 0.1) is 0 Å². The third kappa shape index (κ3) is 2.70. The van der Waals surface area contributed by atoms with Crippen LogP contribution in [-0.4, -0.2) is 42.3 Å². The minimum Gasteiger partial charge on any atom is -0.409 e. The molecule has 0 aliphatic carbocycles. The lowest BCUT2D eigenvalue weighted by atomic mass is 10.1. The topological polar surface area (TPSA) is 84.0 Å². The molecule has 2 rings (SSSR count). The molecule has 1 aromatic rings. The van der Waals surface area contributed by atoms with Crippen LogP contribution in [0.1, 0.15) is 18.5 Å². The fourth-order valence-electron chi connectivity index (χ4n) is 2.17. The predicted octanol–water partition coefficient (Wildman–Crippen LogP) is 0.791. The van der Waals surface area contributed by atoms with Crippen LogP contribution in [0.15, 0.2) is 23.5 Å². The Morgan fingerprint density at radius 1 is 1.67 bits per heavy atom. The number of amidine groups is 1. The number of hydrogen-bond acceptors (Lipinski definition) is 5. The monoisotopic (exact) mass is 250 g/mol. The van der Waals surface area contributed by atoms with Gasteiger partial charge < -0.3 is 20.6 Å². The number of anilines is 1. The molecule has 3 N–H and O–H groups in total. The summed E-state index contributed by atoms with van der Waals surface area (Å²) in [5.74, 6) is 0.0251. The lowest BCUT2D eigenvalue weighted by Gasteiger charge is -2.33. The summed E-state index contributed by atoms with van der Waals surface area (Å²) in [6.45, 7) is 1.84. The number of nitrogens with zero attached hydrogens (tertiary/aromatic N) is 3. The first kappa shape index (κ1) is 12.6. The van der Waals surface area contributed by atoms with Crippen molar-refractivity contribution in [3.63, 3.8) is 0 Å². The Balaban J connectivity index is 2.17. The van der Waals surface area contributed by atoms with Crippen LogP contribution in [0.25, 0.3) is 0 Å². The number of methoxy groups -OCH3 is 1. The van der Waals surface area contributed by atoms with Crippen LogP contribution in [0.2, 0.25) is 0 Å². The maximum atomic E-state index is 8.66. The highest BCUT2D eigenvalue weighted by Crippen LogP contribution is 2.21. The molecule has 6 nitrogen and oxygen atoms in total. The van der Waals surface area contributed by atoms with Gasteiger partial charge >= 0.3 is 0 Å². The van der Waals surface area contributed by atoms with Crippen molar-refractivity contribution in [2.24, 2.45) is 10.9 Å². The van der Waals surface area contributed by atoms with Crippen LogP contribution in [-0.2, 0) is 4.74 Å². The van der Waals surface area contributed by atoms with Crippen LogP contribution in [0.4, 0.5) is 5.69 Å². The Labute approximate surface area is 106 Å². The highest BCUT2D eigenvalue weighted by molar-refractivity contribution is 5.95. The fourth-order valence-corrected chi connectivity index (χ4v) is 2.17. The second-order valence-electron chi connectivity index (χ2n) is 4.33. The van der Waals surface area contributed by atoms with E-state index in [0.717, 1.165) is 31.6 Å². The zero-order valence-electron chi connectivity index (χ0n) is 10.4. The standard InChI is InChI=1S/C12H18N4O2/c1-18-10-3-2-6-16(8-10)9-4-5-14-11(7-9)12(13)15-17/h4-5,7,10,17H,2-3,6,8H2,1H3,(H2,13,15). The fraction of sp³-hybridized carbons (Fsp3) is 0.500. The highest BCUT2D eigenvalue weighted by Gasteiger charge is 2.20. The van der Waals surface area contributed by atoms with Gasteiger partial charge in [-0.15, -0.1) is 0 Å². The average molecular weight is 250 g/mol. The highest BCUT2D eigenvalue weighted by atomic mass is 16.5. The van der Waals surface area contributed by atoms with Gasteiger partial charge in [-0.2, -0.15) is 0 Å². The van der Waals surface area contributed by atoms with E-state index in [0.29, 0.717) is 5.69 Å². The summed E-state index contributed by atoms with van der Waals surface area (Å²) in [5, 5.41) is 11.6. The van der Waals surface area contributed by atoms with Crippen molar-refractivity contribution in [1.82, 2.24) is 4.98 Å². The van der Waals surface area contributed by atoms with Gasteiger partial charge in [0.2, 0.25) is 0 Å². The second kappa shape index (κ2) is 5.68. The molecule has 0 saturated carbocycles. The van der Waals surface area contributed by atoms with E-state index in [1.807, 2.05) is 12.1 Å². The Morgan fingerprint density at radius 3 is 3.22 bits per heavy atom. The van der Waals surface area contributed by atoms with Crippen molar-refractivity contribution in [3.05, 3.63) is 24.0 Å². The maximum absolute atomic E-state index is 8.66. The molecular formula is C12H18N4O2. The van der Waals surface area contributed by atoms with Crippen molar-refractivity contribution in [3.8, 4) is 0 Å². The van der Waals surface area contributed by atoms with Gasteiger partial charge in [-0.3, -0.25) is 4.98 Å². The molecule has 1 unspecified atom stereocenters. The number of ether oxygens (including phenoxy) is 1. The van der Waals surface area contributed by atoms with Gasteiger partial charge in [0.1, 0.15) is 5.69 Å². The van der Waals surface area contributed by atoms with E-state index in [4.69, 9.17) is 15.7 Å². The Morgan fingerprint density at radius 2 is 2.50 bits per heavy atom. The van der Waals surface area contributed by atoms with E-state index in [1.54, 1.807) is 13.3 Å². The number of hydrogen-bond donors (Lipinski definition) is 2. The van der Waals surface area contributed by atoms with Crippen molar-refractivity contribution in [2.75, 3.05) is 25.1 Å². The molecule has 0 radical (unpaired) electrons.